The number of benzene rings is 1. The Balaban J connectivity index is 2.38. The molecule has 1 aliphatic heterocycles. The molecular weight excluding hydrogens is 305 g/mol. The predicted octanol–water partition coefficient (Wildman–Crippen LogP) is 2.87. The fraction of sp³-hybridized carbons (Fsp3) is 0.611. The summed E-state index contributed by atoms with van der Waals surface area (Å²) in [7, 11) is 0.984. The Kier molecular flexibility index (Phi) is 5.92. The molecule has 130 valence electrons. The van der Waals surface area contributed by atoms with E-state index in [0.717, 1.165) is 18.3 Å². The number of hydrogen-bond donors (Lipinski definition) is 0. The molecule has 1 fully saturated rings. The van der Waals surface area contributed by atoms with Crippen LogP contribution < -0.4 is 10.2 Å². The first-order chi connectivity index (χ1) is 11.3. The molecule has 0 amide bonds. The van der Waals surface area contributed by atoms with Crippen LogP contribution >= 0.6 is 0 Å². The minimum absolute atomic E-state index is 0.00934. The zero-order chi connectivity index (χ0) is 17.8. The molecule has 0 unspecified atom stereocenters. The lowest BCUT2D eigenvalue weighted by atomic mass is 9.69. The molecule has 2 rings (SSSR count). The summed E-state index contributed by atoms with van der Waals surface area (Å²) in [6.07, 6.45) is 1.99. The molecule has 1 aliphatic rings. The Labute approximate surface area is 145 Å². The van der Waals surface area contributed by atoms with Crippen LogP contribution in [0.15, 0.2) is 18.2 Å². The molecule has 5 nitrogen and oxygen atoms in total. The van der Waals surface area contributed by atoms with Crippen LogP contribution in [-0.2, 0) is 14.0 Å². The molecule has 1 saturated heterocycles. The lowest BCUT2D eigenvalue weighted by Gasteiger charge is -2.45. The highest BCUT2D eigenvalue weighted by Gasteiger charge is 2.43. The van der Waals surface area contributed by atoms with Gasteiger partial charge in [-0.2, -0.15) is 5.26 Å². The third kappa shape index (κ3) is 4.10. The maximum Gasteiger partial charge on any atom is 0.498 e. The average molecular weight is 331 g/mol. The quantitative estimate of drug-likeness (QED) is 0.627. The van der Waals surface area contributed by atoms with E-state index >= 15 is 0 Å². The lowest BCUT2D eigenvalue weighted by molar-refractivity contribution is -0.0486. The van der Waals surface area contributed by atoms with Crippen molar-refractivity contribution in [3.05, 3.63) is 23.8 Å². The number of ether oxygens (including phenoxy) is 2. The van der Waals surface area contributed by atoms with Gasteiger partial charge in [0.2, 0.25) is 0 Å². The van der Waals surface area contributed by atoms with Gasteiger partial charge in [-0.15, -0.1) is 0 Å². The van der Waals surface area contributed by atoms with E-state index in [0.29, 0.717) is 17.9 Å². The van der Waals surface area contributed by atoms with Gasteiger partial charge in [-0.1, -0.05) is 13.8 Å². The van der Waals surface area contributed by atoms with Crippen molar-refractivity contribution in [1.29, 1.82) is 5.26 Å². The summed E-state index contributed by atoms with van der Waals surface area (Å²) < 4.78 is 22.9. The summed E-state index contributed by atoms with van der Waals surface area (Å²) in [6, 6.07) is 7.40. The molecule has 1 aromatic rings. The number of rotatable bonds is 4. The third-order valence-electron chi connectivity index (χ3n) is 4.97. The summed E-state index contributed by atoms with van der Waals surface area (Å²) in [4.78, 5) is 0. The standard InChI is InChI=1S/C18H26BNO4/c1-17(2)9-6-10-23-19(24-18(17,3)4)15-11-14(12-20)7-8-16(15)22-13-21-5/h7-8,11H,6,9-10,13H2,1-5H3. The van der Waals surface area contributed by atoms with Crippen LogP contribution in [0.4, 0.5) is 0 Å². The van der Waals surface area contributed by atoms with Crippen LogP contribution in [0.3, 0.4) is 0 Å². The largest absolute Gasteiger partial charge is 0.498 e. The SMILES string of the molecule is COCOc1ccc(C#N)cc1B1OCCCC(C)(C)C(C)(C)O1. The molecule has 1 aromatic carbocycles. The number of hydrogen-bond acceptors (Lipinski definition) is 5. The van der Waals surface area contributed by atoms with Crippen LogP contribution in [0, 0.1) is 16.7 Å². The first-order valence-corrected chi connectivity index (χ1v) is 8.26. The van der Waals surface area contributed by atoms with Gasteiger partial charge in [0.25, 0.3) is 0 Å². The molecule has 24 heavy (non-hydrogen) atoms. The zero-order valence-corrected chi connectivity index (χ0v) is 15.2. The average Bonchev–Trinajstić information content (AvgIpc) is 2.54. The first kappa shape index (κ1) is 18.8. The highest BCUT2D eigenvalue weighted by molar-refractivity contribution is 6.62. The Morgan fingerprint density at radius 3 is 2.71 bits per heavy atom. The molecule has 0 spiro atoms. The van der Waals surface area contributed by atoms with E-state index < -0.39 is 7.12 Å². The molecule has 0 bridgehead atoms. The second-order valence-electron chi connectivity index (χ2n) is 7.23. The number of methoxy groups -OCH3 is 1. The molecule has 0 atom stereocenters. The van der Waals surface area contributed by atoms with Gasteiger partial charge in [0.1, 0.15) is 5.75 Å². The van der Waals surface area contributed by atoms with E-state index in [9.17, 15) is 5.26 Å². The zero-order valence-electron chi connectivity index (χ0n) is 15.2. The fourth-order valence-corrected chi connectivity index (χ4v) is 2.68. The van der Waals surface area contributed by atoms with E-state index in [4.69, 9.17) is 18.8 Å². The molecule has 6 heteroatoms. The number of nitrogens with zero attached hydrogens (tertiary/aromatic N) is 1. The van der Waals surface area contributed by atoms with E-state index in [1.54, 1.807) is 25.3 Å². The van der Waals surface area contributed by atoms with Crippen LogP contribution in [0.2, 0.25) is 0 Å². The van der Waals surface area contributed by atoms with Crippen LogP contribution in [0.1, 0.15) is 46.1 Å². The van der Waals surface area contributed by atoms with Crippen molar-refractivity contribution < 1.29 is 18.8 Å². The second-order valence-corrected chi connectivity index (χ2v) is 7.23. The molecule has 0 radical (unpaired) electrons. The monoisotopic (exact) mass is 331 g/mol. The molecule has 1 heterocycles. The lowest BCUT2D eigenvalue weighted by Crippen LogP contribution is -2.52. The topological polar surface area (TPSA) is 60.7 Å². The van der Waals surface area contributed by atoms with Gasteiger partial charge in [-0.25, -0.2) is 0 Å². The maximum absolute atomic E-state index is 9.22. The summed E-state index contributed by atoms with van der Waals surface area (Å²) >= 11 is 0. The van der Waals surface area contributed by atoms with E-state index in [1.807, 2.05) is 0 Å². The predicted molar refractivity (Wildman–Crippen MR) is 93.2 cm³/mol. The maximum atomic E-state index is 9.22. The third-order valence-corrected chi connectivity index (χ3v) is 4.97. The van der Waals surface area contributed by atoms with Gasteiger partial charge >= 0.3 is 7.12 Å². The molecule has 0 aromatic heterocycles. The molecule has 0 aliphatic carbocycles. The summed E-state index contributed by atoms with van der Waals surface area (Å²) in [5.74, 6) is 0.607. The van der Waals surface area contributed by atoms with Gasteiger partial charge < -0.3 is 18.8 Å². The van der Waals surface area contributed by atoms with Crippen molar-refractivity contribution in [2.24, 2.45) is 5.41 Å². The highest BCUT2D eigenvalue weighted by Crippen LogP contribution is 2.39. The minimum atomic E-state index is -0.584. The summed E-state index contributed by atoms with van der Waals surface area (Å²) in [6.45, 7) is 9.31. The molecular formula is C18H26BNO4. The second kappa shape index (κ2) is 7.56. The van der Waals surface area contributed by atoms with Crippen molar-refractivity contribution in [1.82, 2.24) is 0 Å². The highest BCUT2D eigenvalue weighted by atomic mass is 16.7. The molecule has 0 N–H and O–H groups in total. The Bertz CT molecular complexity index is 610. The van der Waals surface area contributed by atoms with Crippen LogP contribution in [0.5, 0.6) is 5.75 Å². The van der Waals surface area contributed by atoms with Crippen molar-refractivity contribution in [3.63, 3.8) is 0 Å². The fourth-order valence-electron chi connectivity index (χ4n) is 2.68. The first-order valence-electron chi connectivity index (χ1n) is 8.26. The Morgan fingerprint density at radius 1 is 1.29 bits per heavy atom. The normalized spacial score (nSPS) is 19.9. The smallest absolute Gasteiger partial charge is 0.468 e. The molecule has 0 saturated carbocycles. The summed E-state index contributed by atoms with van der Waals surface area (Å²) in [5, 5.41) is 9.22. The Hall–Kier alpha value is -1.55. The van der Waals surface area contributed by atoms with Crippen molar-refractivity contribution in [2.45, 2.75) is 46.1 Å². The van der Waals surface area contributed by atoms with Gasteiger partial charge in [-0.3, -0.25) is 0 Å². The van der Waals surface area contributed by atoms with Crippen LogP contribution in [0.25, 0.3) is 0 Å². The van der Waals surface area contributed by atoms with Crippen molar-refractivity contribution >= 4 is 12.6 Å². The van der Waals surface area contributed by atoms with Crippen LogP contribution in [-0.4, -0.2) is 33.2 Å². The van der Waals surface area contributed by atoms with Gasteiger partial charge in [0.15, 0.2) is 6.79 Å². The van der Waals surface area contributed by atoms with E-state index in [-0.39, 0.29) is 17.8 Å². The van der Waals surface area contributed by atoms with Crippen molar-refractivity contribution in [2.75, 3.05) is 20.5 Å². The number of nitriles is 1. The summed E-state index contributed by atoms with van der Waals surface area (Å²) in [5.41, 5.74) is 0.882. The van der Waals surface area contributed by atoms with E-state index in [2.05, 4.69) is 33.8 Å². The minimum Gasteiger partial charge on any atom is -0.468 e. The van der Waals surface area contributed by atoms with Gasteiger partial charge in [0.05, 0.1) is 17.2 Å². The Morgan fingerprint density at radius 2 is 2.04 bits per heavy atom. The van der Waals surface area contributed by atoms with Crippen molar-refractivity contribution in [3.8, 4) is 11.8 Å². The van der Waals surface area contributed by atoms with Gasteiger partial charge in [-0.05, 0) is 50.3 Å². The van der Waals surface area contributed by atoms with E-state index in [1.165, 1.54) is 0 Å². The van der Waals surface area contributed by atoms with Gasteiger partial charge in [0, 0.05) is 19.2 Å².